The van der Waals surface area contributed by atoms with E-state index < -0.39 is 12.1 Å². The zero-order chi connectivity index (χ0) is 49.3. The molecule has 0 rings (SSSR count). The molecule has 0 aliphatic rings. The number of hydrogen-bond donors (Lipinski definition) is 3. The van der Waals surface area contributed by atoms with Crippen molar-refractivity contribution in [2.75, 3.05) is 13.2 Å². The lowest BCUT2D eigenvalue weighted by Gasteiger charge is -2.22. The number of nitrogens with one attached hydrogen (secondary N) is 1. The Morgan fingerprint density at radius 3 is 0.897 bits per heavy atom. The summed E-state index contributed by atoms with van der Waals surface area (Å²) in [5.41, 5.74) is 0. The third-order valence-electron chi connectivity index (χ3n) is 14.9. The quantitative estimate of drug-likeness (QED) is 0.0417. The Morgan fingerprint density at radius 1 is 0.353 bits per heavy atom. The van der Waals surface area contributed by atoms with E-state index in [1.807, 2.05) is 0 Å². The summed E-state index contributed by atoms with van der Waals surface area (Å²) in [6.07, 6.45) is 68.2. The van der Waals surface area contributed by atoms with Crippen LogP contribution in [-0.2, 0) is 14.3 Å². The molecule has 6 nitrogen and oxygen atoms in total. The Morgan fingerprint density at radius 2 is 0.603 bits per heavy atom. The maximum atomic E-state index is 12.5. The topological polar surface area (TPSA) is 95.9 Å². The number of aliphatic hydroxyl groups excluding tert-OH is 2. The molecule has 0 fully saturated rings. The summed E-state index contributed by atoms with van der Waals surface area (Å²) < 4.78 is 5.48. The predicted octanol–water partition coefficient (Wildman–Crippen LogP) is 19.5. The van der Waals surface area contributed by atoms with Crippen LogP contribution in [-0.4, -0.2) is 47.4 Å². The number of hydrogen-bond acceptors (Lipinski definition) is 5. The summed E-state index contributed by atoms with van der Waals surface area (Å²) in [6.45, 7) is 4.93. The molecule has 2 atom stereocenters. The van der Waals surface area contributed by atoms with Crippen LogP contribution in [0.5, 0.6) is 0 Å². The first-order valence-electron chi connectivity index (χ1n) is 31.3. The van der Waals surface area contributed by atoms with Crippen LogP contribution >= 0.6 is 0 Å². The maximum Gasteiger partial charge on any atom is 0.305 e. The van der Waals surface area contributed by atoms with Crippen LogP contribution in [0.15, 0.2) is 0 Å². The van der Waals surface area contributed by atoms with Gasteiger partial charge in [0.05, 0.1) is 25.4 Å². The van der Waals surface area contributed by atoms with E-state index in [2.05, 4.69) is 19.2 Å². The first kappa shape index (κ1) is 66.9. The molecule has 0 saturated carbocycles. The Kier molecular flexibility index (Phi) is 57.5. The lowest BCUT2D eigenvalue weighted by Crippen LogP contribution is -2.45. The Labute approximate surface area is 426 Å². The number of carbonyl (C=O) groups excluding carboxylic acids is 2. The zero-order valence-electron chi connectivity index (χ0n) is 46.4. The minimum atomic E-state index is -0.682. The first-order chi connectivity index (χ1) is 33.5. The van der Waals surface area contributed by atoms with Gasteiger partial charge in [0, 0.05) is 12.8 Å². The minimum Gasteiger partial charge on any atom is -0.466 e. The second-order valence-corrected chi connectivity index (χ2v) is 21.8. The van der Waals surface area contributed by atoms with Crippen LogP contribution in [0.4, 0.5) is 0 Å². The molecule has 406 valence electrons. The number of rotatable bonds is 59. The maximum absolute atomic E-state index is 12.5. The standard InChI is InChI=1S/C62H123NO5/c1-3-5-7-9-11-13-15-17-19-21-22-23-24-25-26-27-28-30-31-33-35-38-42-46-50-54-60(65)59(58-64)63-61(66)55-51-47-43-39-37-41-45-49-53-57-68-62(67)56-52-48-44-40-36-34-32-29-20-18-16-14-12-10-8-6-4-2/h59-60,64-65H,3-58H2,1-2H3,(H,63,66). The number of carbonyl (C=O) groups is 2. The molecule has 0 bridgehead atoms. The van der Waals surface area contributed by atoms with Crippen molar-refractivity contribution in [3.8, 4) is 0 Å². The summed E-state index contributed by atoms with van der Waals surface area (Å²) in [5, 5.41) is 23.4. The monoisotopic (exact) mass is 962 g/mol. The molecule has 0 aromatic rings. The number of esters is 1. The number of amides is 1. The van der Waals surface area contributed by atoms with Crippen molar-refractivity contribution in [3.63, 3.8) is 0 Å². The van der Waals surface area contributed by atoms with E-state index in [9.17, 15) is 19.8 Å². The highest BCUT2D eigenvalue weighted by molar-refractivity contribution is 5.76. The lowest BCUT2D eigenvalue weighted by molar-refractivity contribution is -0.143. The van der Waals surface area contributed by atoms with Crippen molar-refractivity contribution in [3.05, 3.63) is 0 Å². The van der Waals surface area contributed by atoms with Crippen LogP contribution in [0.25, 0.3) is 0 Å². The summed E-state index contributed by atoms with van der Waals surface area (Å²) in [6, 6.07) is -0.561. The molecule has 0 aromatic carbocycles. The van der Waals surface area contributed by atoms with E-state index in [-0.39, 0.29) is 18.5 Å². The van der Waals surface area contributed by atoms with Gasteiger partial charge >= 0.3 is 5.97 Å². The SMILES string of the molecule is CCCCCCCCCCCCCCCCCCCCCCCCCCCC(O)C(CO)NC(=O)CCCCCCCCCCCOC(=O)CCCCCCCCCCCCCCCCCCC. The van der Waals surface area contributed by atoms with Crippen molar-refractivity contribution < 1.29 is 24.5 Å². The molecule has 0 aliphatic heterocycles. The fraction of sp³-hybridized carbons (Fsp3) is 0.968. The molecule has 0 aliphatic carbocycles. The Bertz CT molecular complexity index is 975. The van der Waals surface area contributed by atoms with Crippen LogP contribution in [0.3, 0.4) is 0 Å². The smallest absolute Gasteiger partial charge is 0.305 e. The van der Waals surface area contributed by atoms with Crippen molar-refractivity contribution >= 4 is 11.9 Å². The number of ether oxygens (including phenoxy) is 1. The van der Waals surface area contributed by atoms with Gasteiger partial charge in [-0.05, 0) is 25.7 Å². The fourth-order valence-electron chi connectivity index (χ4n) is 10.1. The fourth-order valence-corrected chi connectivity index (χ4v) is 10.1. The normalized spacial score (nSPS) is 12.5. The van der Waals surface area contributed by atoms with Gasteiger partial charge in [-0.1, -0.05) is 322 Å². The molecular formula is C62H123NO5. The van der Waals surface area contributed by atoms with Gasteiger partial charge in [-0.2, -0.15) is 0 Å². The van der Waals surface area contributed by atoms with Gasteiger partial charge in [0.2, 0.25) is 5.91 Å². The van der Waals surface area contributed by atoms with Crippen molar-refractivity contribution in [2.45, 2.75) is 373 Å². The van der Waals surface area contributed by atoms with Crippen LogP contribution in [0, 0.1) is 0 Å². The molecule has 1 amide bonds. The van der Waals surface area contributed by atoms with Gasteiger partial charge in [-0.15, -0.1) is 0 Å². The van der Waals surface area contributed by atoms with Gasteiger partial charge in [0.15, 0.2) is 0 Å². The van der Waals surface area contributed by atoms with Gasteiger partial charge < -0.3 is 20.3 Å². The number of unbranched alkanes of at least 4 members (excludes halogenated alkanes) is 48. The lowest BCUT2D eigenvalue weighted by atomic mass is 10.0. The highest BCUT2D eigenvalue weighted by atomic mass is 16.5. The molecule has 0 radical (unpaired) electrons. The Balaban J connectivity index is 3.43. The second kappa shape index (κ2) is 58.4. The van der Waals surface area contributed by atoms with Crippen LogP contribution in [0.1, 0.15) is 361 Å². The average Bonchev–Trinajstić information content (AvgIpc) is 3.34. The highest BCUT2D eigenvalue weighted by Crippen LogP contribution is 2.19. The molecule has 0 saturated heterocycles. The molecule has 0 spiro atoms. The van der Waals surface area contributed by atoms with E-state index in [0.29, 0.717) is 25.9 Å². The van der Waals surface area contributed by atoms with Gasteiger partial charge in [0.25, 0.3) is 0 Å². The summed E-state index contributed by atoms with van der Waals surface area (Å²) in [7, 11) is 0. The largest absolute Gasteiger partial charge is 0.466 e. The van der Waals surface area contributed by atoms with E-state index in [4.69, 9.17) is 4.74 Å². The molecule has 68 heavy (non-hydrogen) atoms. The van der Waals surface area contributed by atoms with E-state index in [0.717, 1.165) is 57.8 Å². The van der Waals surface area contributed by atoms with Crippen LogP contribution in [0.2, 0.25) is 0 Å². The average molecular weight is 963 g/mol. The van der Waals surface area contributed by atoms with Gasteiger partial charge in [-0.3, -0.25) is 9.59 Å². The molecule has 3 N–H and O–H groups in total. The number of aliphatic hydroxyl groups is 2. The van der Waals surface area contributed by atoms with E-state index in [1.54, 1.807) is 0 Å². The third kappa shape index (κ3) is 54.2. The third-order valence-corrected chi connectivity index (χ3v) is 14.9. The minimum absolute atomic E-state index is 0.0190. The summed E-state index contributed by atoms with van der Waals surface area (Å²) in [4.78, 5) is 24.6. The van der Waals surface area contributed by atoms with Crippen LogP contribution < -0.4 is 5.32 Å². The van der Waals surface area contributed by atoms with E-state index >= 15 is 0 Å². The zero-order valence-corrected chi connectivity index (χ0v) is 46.4. The van der Waals surface area contributed by atoms with Crippen molar-refractivity contribution in [2.24, 2.45) is 0 Å². The molecular weight excluding hydrogens is 839 g/mol. The molecule has 0 heterocycles. The van der Waals surface area contributed by atoms with Crippen molar-refractivity contribution in [1.82, 2.24) is 5.32 Å². The Hall–Kier alpha value is -1.14. The highest BCUT2D eigenvalue weighted by Gasteiger charge is 2.20. The summed E-state index contributed by atoms with van der Waals surface area (Å²) >= 11 is 0. The first-order valence-corrected chi connectivity index (χ1v) is 31.3. The van der Waals surface area contributed by atoms with Crippen molar-refractivity contribution in [1.29, 1.82) is 0 Å². The second-order valence-electron chi connectivity index (χ2n) is 21.8. The van der Waals surface area contributed by atoms with E-state index in [1.165, 1.54) is 270 Å². The van der Waals surface area contributed by atoms with Gasteiger partial charge in [-0.25, -0.2) is 0 Å². The van der Waals surface area contributed by atoms with Gasteiger partial charge in [0.1, 0.15) is 0 Å². The molecule has 6 heteroatoms. The summed E-state index contributed by atoms with van der Waals surface area (Å²) in [5.74, 6) is -0.0757. The predicted molar refractivity (Wildman–Crippen MR) is 297 cm³/mol. The molecule has 0 aromatic heterocycles. The molecule has 2 unspecified atom stereocenters.